The molecule has 1 N–H and O–H groups in total. The van der Waals surface area contributed by atoms with Gasteiger partial charge >= 0.3 is 0 Å². The van der Waals surface area contributed by atoms with Gasteiger partial charge in [-0.25, -0.2) is 0 Å². The zero-order chi connectivity index (χ0) is 10.9. The Hall–Kier alpha value is -0.0400. The largest absolute Gasteiger partial charge is 0.313 e. The molecule has 1 nitrogen and oxygen atoms in total. The number of rotatable bonds is 4. The third-order valence-electron chi connectivity index (χ3n) is 5.35. The van der Waals surface area contributed by atoms with E-state index in [0.29, 0.717) is 5.41 Å². The molecule has 2 saturated carbocycles. The molecule has 88 valence electrons. The molecule has 0 radical (unpaired) electrons. The predicted molar refractivity (Wildman–Crippen MR) is 65.9 cm³/mol. The SMILES string of the molecule is CCNC1C2CCCCC2C1(CC)CC. The van der Waals surface area contributed by atoms with Gasteiger partial charge in [0.15, 0.2) is 0 Å². The Morgan fingerprint density at radius 3 is 2.33 bits per heavy atom. The summed E-state index contributed by atoms with van der Waals surface area (Å²) >= 11 is 0. The average molecular weight is 209 g/mol. The Bertz CT molecular complexity index is 207. The van der Waals surface area contributed by atoms with Crippen LogP contribution in [0.15, 0.2) is 0 Å². The van der Waals surface area contributed by atoms with E-state index in [4.69, 9.17) is 0 Å². The van der Waals surface area contributed by atoms with E-state index in [-0.39, 0.29) is 0 Å². The molecule has 2 rings (SSSR count). The Kier molecular flexibility index (Phi) is 3.39. The van der Waals surface area contributed by atoms with Gasteiger partial charge in [-0.05, 0) is 49.5 Å². The molecule has 0 saturated heterocycles. The van der Waals surface area contributed by atoms with Crippen molar-refractivity contribution >= 4 is 0 Å². The second kappa shape index (κ2) is 4.45. The molecule has 15 heavy (non-hydrogen) atoms. The molecule has 0 amide bonds. The van der Waals surface area contributed by atoms with E-state index in [9.17, 15) is 0 Å². The van der Waals surface area contributed by atoms with E-state index in [0.717, 1.165) is 24.4 Å². The van der Waals surface area contributed by atoms with Crippen molar-refractivity contribution in [1.82, 2.24) is 5.32 Å². The van der Waals surface area contributed by atoms with E-state index in [1.165, 1.54) is 38.5 Å². The average Bonchev–Trinajstić information content (AvgIpc) is 2.28. The van der Waals surface area contributed by atoms with Crippen molar-refractivity contribution in [3.05, 3.63) is 0 Å². The van der Waals surface area contributed by atoms with Crippen LogP contribution in [0.4, 0.5) is 0 Å². The highest BCUT2D eigenvalue weighted by molar-refractivity contribution is 5.11. The summed E-state index contributed by atoms with van der Waals surface area (Å²) in [6.07, 6.45) is 8.72. The van der Waals surface area contributed by atoms with E-state index in [1.807, 2.05) is 0 Å². The molecule has 1 heteroatoms. The van der Waals surface area contributed by atoms with Crippen molar-refractivity contribution in [1.29, 1.82) is 0 Å². The van der Waals surface area contributed by atoms with Crippen molar-refractivity contribution in [2.45, 2.75) is 65.3 Å². The Morgan fingerprint density at radius 2 is 1.73 bits per heavy atom. The summed E-state index contributed by atoms with van der Waals surface area (Å²) < 4.78 is 0. The van der Waals surface area contributed by atoms with Gasteiger partial charge in [0.05, 0.1) is 0 Å². The molecule has 2 aliphatic rings. The molecule has 0 aromatic heterocycles. The lowest BCUT2D eigenvalue weighted by atomic mass is 9.44. The van der Waals surface area contributed by atoms with E-state index in [1.54, 1.807) is 0 Å². The van der Waals surface area contributed by atoms with E-state index < -0.39 is 0 Å². The highest BCUT2D eigenvalue weighted by Gasteiger charge is 2.58. The summed E-state index contributed by atoms with van der Waals surface area (Å²) in [6.45, 7) is 8.21. The van der Waals surface area contributed by atoms with Crippen molar-refractivity contribution in [2.24, 2.45) is 17.3 Å². The number of nitrogens with one attached hydrogen (secondary N) is 1. The highest BCUT2D eigenvalue weighted by atomic mass is 15.0. The maximum Gasteiger partial charge on any atom is 0.0157 e. The van der Waals surface area contributed by atoms with Gasteiger partial charge in [-0.15, -0.1) is 0 Å². The quantitative estimate of drug-likeness (QED) is 0.746. The fourth-order valence-electron chi connectivity index (χ4n) is 4.60. The van der Waals surface area contributed by atoms with Crippen LogP contribution in [0.25, 0.3) is 0 Å². The van der Waals surface area contributed by atoms with Gasteiger partial charge < -0.3 is 5.32 Å². The van der Waals surface area contributed by atoms with Crippen molar-refractivity contribution < 1.29 is 0 Å². The standard InChI is InChI=1S/C14H27N/c1-4-14(5-2)12-10-8-7-9-11(12)13(14)15-6-3/h11-13,15H,4-10H2,1-3H3. The molecule has 0 aliphatic heterocycles. The normalized spacial score (nSPS) is 38.2. The minimum Gasteiger partial charge on any atom is -0.313 e. The van der Waals surface area contributed by atoms with Gasteiger partial charge in [0.1, 0.15) is 0 Å². The van der Waals surface area contributed by atoms with Gasteiger partial charge in [-0.1, -0.05) is 33.6 Å². The lowest BCUT2D eigenvalue weighted by molar-refractivity contribution is -0.117. The topological polar surface area (TPSA) is 12.0 Å². The van der Waals surface area contributed by atoms with Crippen LogP contribution in [0.5, 0.6) is 0 Å². The molecule has 2 fully saturated rings. The van der Waals surface area contributed by atoms with Crippen LogP contribution in [-0.2, 0) is 0 Å². The van der Waals surface area contributed by atoms with Crippen LogP contribution in [0.2, 0.25) is 0 Å². The minimum atomic E-state index is 0.654. The lowest BCUT2D eigenvalue weighted by Crippen LogP contribution is -2.66. The summed E-state index contributed by atoms with van der Waals surface area (Å²) in [5.74, 6) is 2.06. The Labute approximate surface area is 95.0 Å². The van der Waals surface area contributed by atoms with Gasteiger partial charge in [0.2, 0.25) is 0 Å². The maximum absolute atomic E-state index is 3.77. The molecule has 0 aromatic carbocycles. The fraction of sp³-hybridized carbons (Fsp3) is 1.00. The number of hydrogen-bond donors (Lipinski definition) is 1. The summed E-state index contributed by atoms with van der Waals surface area (Å²) in [5.41, 5.74) is 0.654. The van der Waals surface area contributed by atoms with Crippen molar-refractivity contribution in [2.75, 3.05) is 6.54 Å². The van der Waals surface area contributed by atoms with Crippen LogP contribution < -0.4 is 5.32 Å². The molecular formula is C14H27N. The monoisotopic (exact) mass is 209 g/mol. The second-order valence-corrected chi connectivity index (χ2v) is 5.53. The summed E-state index contributed by atoms with van der Waals surface area (Å²) in [5, 5.41) is 3.77. The Balaban J connectivity index is 2.12. The summed E-state index contributed by atoms with van der Waals surface area (Å²) in [4.78, 5) is 0. The van der Waals surface area contributed by atoms with Gasteiger partial charge in [0.25, 0.3) is 0 Å². The third kappa shape index (κ3) is 1.54. The smallest absolute Gasteiger partial charge is 0.0157 e. The molecule has 3 unspecified atom stereocenters. The molecular weight excluding hydrogens is 182 g/mol. The zero-order valence-corrected chi connectivity index (χ0v) is 10.7. The first kappa shape index (κ1) is 11.4. The molecule has 0 bridgehead atoms. The highest BCUT2D eigenvalue weighted by Crippen LogP contribution is 2.60. The molecule has 3 atom stereocenters. The van der Waals surface area contributed by atoms with Gasteiger partial charge in [0, 0.05) is 6.04 Å². The first-order valence-electron chi connectivity index (χ1n) is 7.03. The van der Waals surface area contributed by atoms with Crippen LogP contribution >= 0.6 is 0 Å². The maximum atomic E-state index is 3.77. The minimum absolute atomic E-state index is 0.654. The number of hydrogen-bond acceptors (Lipinski definition) is 1. The lowest BCUT2D eigenvalue weighted by Gasteiger charge is -2.64. The van der Waals surface area contributed by atoms with Crippen molar-refractivity contribution in [3.63, 3.8) is 0 Å². The molecule has 0 heterocycles. The summed E-state index contributed by atoms with van der Waals surface area (Å²) in [7, 11) is 0. The first-order chi connectivity index (χ1) is 7.30. The molecule has 2 aliphatic carbocycles. The van der Waals surface area contributed by atoms with Crippen molar-refractivity contribution in [3.8, 4) is 0 Å². The molecule has 0 spiro atoms. The zero-order valence-electron chi connectivity index (χ0n) is 10.7. The predicted octanol–water partition coefficient (Wildman–Crippen LogP) is 3.59. The van der Waals surface area contributed by atoms with E-state index >= 15 is 0 Å². The van der Waals surface area contributed by atoms with Gasteiger partial charge in [-0.3, -0.25) is 0 Å². The third-order valence-corrected chi connectivity index (χ3v) is 5.35. The Morgan fingerprint density at radius 1 is 1.07 bits per heavy atom. The van der Waals surface area contributed by atoms with Crippen LogP contribution in [0.3, 0.4) is 0 Å². The van der Waals surface area contributed by atoms with Crippen LogP contribution in [0.1, 0.15) is 59.3 Å². The second-order valence-electron chi connectivity index (χ2n) is 5.53. The van der Waals surface area contributed by atoms with E-state index in [2.05, 4.69) is 26.1 Å². The van der Waals surface area contributed by atoms with Crippen LogP contribution in [-0.4, -0.2) is 12.6 Å². The van der Waals surface area contributed by atoms with Gasteiger partial charge in [-0.2, -0.15) is 0 Å². The number of fused-ring (bicyclic) bond motifs is 1. The first-order valence-corrected chi connectivity index (χ1v) is 7.03. The van der Waals surface area contributed by atoms with Crippen LogP contribution in [0, 0.1) is 17.3 Å². The molecule has 0 aromatic rings. The fourth-order valence-corrected chi connectivity index (χ4v) is 4.60. The summed E-state index contributed by atoms with van der Waals surface area (Å²) in [6, 6.07) is 0.836.